The molecule has 0 amide bonds. The number of rotatable bonds is 8. The van der Waals surface area contributed by atoms with E-state index in [1.807, 2.05) is 0 Å². The van der Waals surface area contributed by atoms with Crippen LogP contribution < -0.4 is 5.32 Å². The number of aliphatic hydroxyl groups excluding tert-OH is 1. The Labute approximate surface area is 119 Å². The summed E-state index contributed by atoms with van der Waals surface area (Å²) in [5, 5.41) is 13.8. The van der Waals surface area contributed by atoms with Crippen molar-refractivity contribution >= 4 is 0 Å². The van der Waals surface area contributed by atoms with Gasteiger partial charge in [-0.25, -0.2) is 0 Å². The molecule has 1 saturated carbocycles. The monoisotopic (exact) mass is 270 g/mol. The molecule has 0 saturated heterocycles. The van der Waals surface area contributed by atoms with Gasteiger partial charge in [-0.05, 0) is 52.2 Å². The fourth-order valence-corrected chi connectivity index (χ4v) is 3.09. The van der Waals surface area contributed by atoms with Crippen LogP contribution in [-0.2, 0) is 0 Å². The average molecular weight is 270 g/mol. The van der Waals surface area contributed by atoms with Crippen molar-refractivity contribution in [1.82, 2.24) is 10.2 Å². The van der Waals surface area contributed by atoms with Crippen LogP contribution in [0.1, 0.15) is 65.7 Å². The first-order chi connectivity index (χ1) is 9.17. The molecule has 1 fully saturated rings. The van der Waals surface area contributed by atoms with E-state index in [0.29, 0.717) is 12.1 Å². The van der Waals surface area contributed by atoms with E-state index in [0.717, 1.165) is 25.9 Å². The summed E-state index contributed by atoms with van der Waals surface area (Å²) in [6.07, 6.45) is 8.18. The molecule has 0 radical (unpaired) electrons. The van der Waals surface area contributed by atoms with Gasteiger partial charge in [-0.1, -0.05) is 33.1 Å². The molecule has 3 unspecified atom stereocenters. The molecule has 114 valence electrons. The predicted octanol–water partition coefficient (Wildman–Crippen LogP) is 2.78. The quantitative estimate of drug-likeness (QED) is 0.666. The molecular formula is C16H34N2O. The van der Waals surface area contributed by atoms with Gasteiger partial charge in [-0.2, -0.15) is 0 Å². The van der Waals surface area contributed by atoms with Gasteiger partial charge in [0.2, 0.25) is 0 Å². The molecule has 0 aliphatic heterocycles. The minimum atomic E-state index is -0.132. The summed E-state index contributed by atoms with van der Waals surface area (Å²) in [5.41, 5.74) is 0. The van der Waals surface area contributed by atoms with Crippen molar-refractivity contribution in [3.8, 4) is 0 Å². The number of hydrogen-bond donors (Lipinski definition) is 2. The van der Waals surface area contributed by atoms with E-state index in [4.69, 9.17) is 0 Å². The van der Waals surface area contributed by atoms with Crippen LogP contribution in [0.3, 0.4) is 0 Å². The fourth-order valence-electron chi connectivity index (χ4n) is 3.09. The first-order valence-corrected chi connectivity index (χ1v) is 8.33. The zero-order valence-corrected chi connectivity index (χ0v) is 13.2. The lowest BCUT2D eigenvalue weighted by Gasteiger charge is -2.26. The molecule has 0 aromatic rings. The zero-order chi connectivity index (χ0) is 14.1. The lowest BCUT2D eigenvalue weighted by atomic mass is 10.0. The summed E-state index contributed by atoms with van der Waals surface area (Å²) in [5.74, 6) is 0. The van der Waals surface area contributed by atoms with Gasteiger partial charge in [0.15, 0.2) is 0 Å². The molecule has 1 aliphatic carbocycles. The molecular weight excluding hydrogens is 236 g/mol. The van der Waals surface area contributed by atoms with Gasteiger partial charge in [0.05, 0.1) is 6.10 Å². The third kappa shape index (κ3) is 6.73. The van der Waals surface area contributed by atoms with Crippen molar-refractivity contribution in [3.63, 3.8) is 0 Å². The van der Waals surface area contributed by atoms with Crippen LogP contribution in [0, 0.1) is 0 Å². The molecule has 3 atom stereocenters. The second-order valence-electron chi connectivity index (χ2n) is 6.05. The van der Waals surface area contributed by atoms with Crippen LogP contribution in [0.4, 0.5) is 0 Å². The van der Waals surface area contributed by atoms with Gasteiger partial charge in [-0.15, -0.1) is 0 Å². The topological polar surface area (TPSA) is 35.5 Å². The lowest BCUT2D eigenvalue weighted by molar-refractivity contribution is 0.113. The minimum Gasteiger partial charge on any atom is -0.392 e. The predicted molar refractivity (Wildman–Crippen MR) is 82.5 cm³/mol. The third-order valence-electron chi connectivity index (χ3n) is 4.48. The van der Waals surface area contributed by atoms with Crippen LogP contribution in [-0.4, -0.2) is 47.8 Å². The summed E-state index contributed by atoms with van der Waals surface area (Å²) >= 11 is 0. The highest BCUT2D eigenvalue weighted by atomic mass is 16.3. The Hall–Kier alpha value is -0.120. The Balaban J connectivity index is 2.20. The van der Waals surface area contributed by atoms with E-state index < -0.39 is 0 Å². The zero-order valence-electron chi connectivity index (χ0n) is 13.2. The largest absolute Gasteiger partial charge is 0.392 e. The van der Waals surface area contributed by atoms with E-state index in [9.17, 15) is 5.11 Å². The van der Waals surface area contributed by atoms with Crippen LogP contribution in [0.5, 0.6) is 0 Å². The number of nitrogens with one attached hydrogen (secondary N) is 1. The van der Waals surface area contributed by atoms with Crippen LogP contribution in [0.2, 0.25) is 0 Å². The van der Waals surface area contributed by atoms with E-state index in [1.54, 1.807) is 0 Å². The van der Waals surface area contributed by atoms with Gasteiger partial charge < -0.3 is 15.3 Å². The van der Waals surface area contributed by atoms with Gasteiger partial charge >= 0.3 is 0 Å². The number of aliphatic hydroxyl groups is 1. The molecule has 1 rings (SSSR count). The molecule has 19 heavy (non-hydrogen) atoms. The van der Waals surface area contributed by atoms with Crippen molar-refractivity contribution in [2.75, 3.05) is 19.6 Å². The van der Waals surface area contributed by atoms with Gasteiger partial charge in [0.25, 0.3) is 0 Å². The maximum absolute atomic E-state index is 10.1. The van der Waals surface area contributed by atoms with Gasteiger partial charge in [0, 0.05) is 12.1 Å². The first-order valence-electron chi connectivity index (χ1n) is 8.33. The van der Waals surface area contributed by atoms with Crippen LogP contribution in [0.15, 0.2) is 0 Å². The average Bonchev–Trinajstić information content (AvgIpc) is 2.60. The highest BCUT2D eigenvalue weighted by molar-refractivity contribution is 4.81. The maximum atomic E-state index is 10.1. The van der Waals surface area contributed by atoms with E-state index in [2.05, 4.69) is 31.0 Å². The Bertz CT molecular complexity index is 219. The molecule has 0 heterocycles. The smallest absolute Gasteiger partial charge is 0.0693 e. The number of hydrogen-bond acceptors (Lipinski definition) is 3. The summed E-state index contributed by atoms with van der Waals surface area (Å²) in [6, 6.07) is 0.847. The standard InChI is InChI=1S/C16H34N2O/c1-4-18(5-2)13-9-10-14(3)17-15-11-7-6-8-12-16(15)19/h14-17,19H,4-13H2,1-3H3. The van der Waals surface area contributed by atoms with Crippen molar-refractivity contribution in [1.29, 1.82) is 0 Å². The minimum absolute atomic E-state index is 0.132. The summed E-state index contributed by atoms with van der Waals surface area (Å²) < 4.78 is 0. The molecule has 0 aromatic heterocycles. The highest BCUT2D eigenvalue weighted by Gasteiger charge is 2.22. The normalized spacial score (nSPS) is 26.4. The maximum Gasteiger partial charge on any atom is 0.0693 e. The second kappa shape index (κ2) is 9.73. The molecule has 2 N–H and O–H groups in total. The molecule has 0 bridgehead atoms. The van der Waals surface area contributed by atoms with Crippen LogP contribution >= 0.6 is 0 Å². The summed E-state index contributed by atoms with van der Waals surface area (Å²) in [7, 11) is 0. The Morgan fingerprint density at radius 1 is 1.16 bits per heavy atom. The molecule has 0 aromatic carbocycles. The van der Waals surface area contributed by atoms with Crippen LogP contribution in [0.25, 0.3) is 0 Å². The van der Waals surface area contributed by atoms with E-state index in [-0.39, 0.29) is 6.10 Å². The van der Waals surface area contributed by atoms with Crippen molar-refractivity contribution in [2.24, 2.45) is 0 Å². The molecule has 3 heteroatoms. The van der Waals surface area contributed by atoms with Crippen molar-refractivity contribution < 1.29 is 5.11 Å². The summed E-state index contributed by atoms with van der Waals surface area (Å²) in [4.78, 5) is 2.48. The Morgan fingerprint density at radius 3 is 2.53 bits per heavy atom. The first kappa shape index (κ1) is 16.9. The lowest BCUT2D eigenvalue weighted by Crippen LogP contribution is -2.44. The van der Waals surface area contributed by atoms with E-state index in [1.165, 1.54) is 38.6 Å². The molecule has 3 nitrogen and oxygen atoms in total. The third-order valence-corrected chi connectivity index (χ3v) is 4.48. The fraction of sp³-hybridized carbons (Fsp3) is 1.00. The van der Waals surface area contributed by atoms with Gasteiger partial charge in [0.1, 0.15) is 0 Å². The molecule has 0 spiro atoms. The van der Waals surface area contributed by atoms with Gasteiger partial charge in [-0.3, -0.25) is 0 Å². The highest BCUT2D eigenvalue weighted by Crippen LogP contribution is 2.18. The number of nitrogens with zero attached hydrogens (tertiary/aromatic N) is 1. The Morgan fingerprint density at radius 2 is 1.84 bits per heavy atom. The Kier molecular flexibility index (Phi) is 8.67. The molecule has 1 aliphatic rings. The second-order valence-corrected chi connectivity index (χ2v) is 6.05. The van der Waals surface area contributed by atoms with E-state index >= 15 is 0 Å². The van der Waals surface area contributed by atoms with Crippen molar-refractivity contribution in [3.05, 3.63) is 0 Å². The van der Waals surface area contributed by atoms with Crippen molar-refractivity contribution in [2.45, 2.75) is 83.9 Å². The SMILES string of the molecule is CCN(CC)CCCC(C)NC1CCCCCC1O. The summed E-state index contributed by atoms with van der Waals surface area (Å²) in [6.45, 7) is 10.2.